The lowest BCUT2D eigenvalue weighted by atomic mass is 10.2. The Morgan fingerprint density at radius 3 is 2.67 bits per heavy atom. The summed E-state index contributed by atoms with van der Waals surface area (Å²) in [7, 11) is 1.65. The minimum absolute atomic E-state index is 0.450. The number of ether oxygens (including phenoxy) is 2. The lowest BCUT2D eigenvalue weighted by Crippen LogP contribution is -2.36. The number of methoxy groups -OCH3 is 1. The molecule has 27 heavy (non-hydrogen) atoms. The van der Waals surface area contributed by atoms with Crippen molar-refractivity contribution in [2.45, 2.75) is 46.7 Å². The molecule has 148 valence electrons. The zero-order valence-corrected chi connectivity index (χ0v) is 17.7. The number of aromatic nitrogens is 1. The second kappa shape index (κ2) is 10.8. The molecule has 1 aromatic carbocycles. The van der Waals surface area contributed by atoms with Gasteiger partial charge in [-0.05, 0) is 37.5 Å². The van der Waals surface area contributed by atoms with Gasteiger partial charge in [0.05, 0.1) is 32.5 Å². The molecule has 2 aromatic rings. The Hall–Kier alpha value is -2.28. The Morgan fingerprint density at radius 1 is 1.22 bits per heavy atom. The molecule has 0 spiro atoms. The number of hydrogen-bond donors (Lipinski definition) is 2. The molecular formula is C20H30N4O2S. The van der Waals surface area contributed by atoms with E-state index < -0.39 is 0 Å². The van der Waals surface area contributed by atoms with Gasteiger partial charge >= 0.3 is 0 Å². The van der Waals surface area contributed by atoms with Crippen LogP contribution >= 0.6 is 11.3 Å². The molecule has 0 atom stereocenters. The SMILES string of the molecule is CCNC(=NCc1ccc(OC)c(OCC)c1)NCc1nc(C(C)C)cs1. The van der Waals surface area contributed by atoms with Gasteiger partial charge in [0, 0.05) is 11.9 Å². The third kappa shape index (κ3) is 6.43. The predicted octanol–water partition coefficient (Wildman–Crippen LogP) is 3.93. The van der Waals surface area contributed by atoms with E-state index in [4.69, 9.17) is 9.47 Å². The molecule has 0 fully saturated rings. The number of thiazole rings is 1. The average Bonchev–Trinajstić information content (AvgIpc) is 3.14. The van der Waals surface area contributed by atoms with Gasteiger partial charge in [-0.25, -0.2) is 9.98 Å². The highest BCUT2D eigenvalue weighted by atomic mass is 32.1. The highest BCUT2D eigenvalue weighted by Crippen LogP contribution is 2.28. The van der Waals surface area contributed by atoms with Crippen molar-refractivity contribution in [2.75, 3.05) is 20.3 Å². The van der Waals surface area contributed by atoms with E-state index in [9.17, 15) is 0 Å². The van der Waals surface area contributed by atoms with Crippen molar-refractivity contribution in [2.24, 2.45) is 4.99 Å². The first-order valence-electron chi connectivity index (χ1n) is 9.33. The average molecular weight is 391 g/mol. The fourth-order valence-electron chi connectivity index (χ4n) is 2.43. The summed E-state index contributed by atoms with van der Waals surface area (Å²) in [5.74, 6) is 2.70. The summed E-state index contributed by atoms with van der Waals surface area (Å²) in [4.78, 5) is 9.33. The predicted molar refractivity (Wildman–Crippen MR) is 112 cm³/mol. The highest BCUT2D eigenvalue weighted by Gasteiger charge is 2.08. The number of guanidine groups is 1. The Kier molecular flexibility index (Phi) is 8.39. The van der Waals surface area contributed by atoms with Crippen LogP contribution in [0.4, 0.5) is 0 Å². The van der Waals surface area contributed by atoms with Crippen molar-refractivity contribution < 1.29 is 9.47 Å². The molecule has 2 N–H and O–H groups in total. The lowest BCUT2D eigenvalue weighted by Gasteiger charge is -2.12. The first-order chi connectivity index (χ1) is 13.1. The zero-order chi connectivity index (χ0) is 19.6. The maximum Gasteiger partial charge on any atom is 0.191 e. The lowest BCUT2D eigenvalue weighted by molar-refractivity contribution is 0.310. The van der Waals surface area contributed by atoms with Gasteiger partial charge in [0.15, 0.2) is 17.5 Å². The standard InChI is InChI=1S/C20H30N4O2S/c1-6-21-20(23-12-19-24-16(13-27-19)14(3)4)22-11-15-8-9-17(25-5)18(10-15)26-7-2/h8-10,13-14H,6-7,11-12H2,1-5H3,(H2,21,22,23). The number of benzene rings is 1. The Labute approximate surface area is 166 Å². The van der Waals surface area contributed by atoms with Crippen LogP contribution in [-0.2, 0) is 13.1 Å². The van der Waals surface area contributed by atoms with Crippen LogP contribution in [0.5, 0.6) is 11.5 Å². The van der Waals surface area contributed by atoms with Crippen LogP contribution in [0.2, 0.25) is 0 Å². The van der Waals surface area contributed by atoms with E-state index >= 15 is 0 Å². The Morgan fingerprint density at radius 2 is 2.04 bits per heavy atom. The molecule has 1 heterocycles. The molecule has 0 amide bonds. The molecule has 0 radical (unpaired) electrons. The molecule has 0 saturated carbocycles. The van der Waals surface area contributed by atoms with Crippen molar-refractivity contribution in [3.8, 4) is 11.5 Å². The van der Waals surface area contributed by atoms with Gasteiger partial charge in [-0.2, -0.15) is 0 Å². The molecule has 0 saturated heterocycles. The molecular weight excluding hydrogens is 360 g/mol. The molecule has 0 aliphatic rings. The van der Waals surface area contributed by atoms with Gasteiger partial charge < -0.3 is 20.1 Å². The van der Waals surface area contributed by atoms with Crippen molar-refractivity contribution in [1.29, 1.82) is 0 Å². The van der Waals surface area contributed by atoms with Crippen molar-refractivity contribution in [1.82, 2.24) is 15.6 Å². The second-order valence-corrected chi connectivity index (χ2v) is 7.23. The van der Waals surface area contributed by atoms with Gasteiger partial charge in [-0.3, -0.25) is 0 Å². The van der Waals surface area contributed by atoms with E-state index in [0.717, 1.165) is 40.3 Å². The van der Waals surface area contributed by atoms with Crippen LogP contribution < -0.4 is 20.1 Å². The van der Waals surface area contributed by atoms with Crippen molar-refractivity contribution in [3.05, 3.63) is 39.8 Å². The summed E-state index contributed by atoms with van der Waals surface area (Å²) in [5.41, 5.74) is 2.20. The quantitative estimate of drug-likeness (QED) is 0.502. The molecule has 0 unspecified atom stereocenters. The topological polar surface area (TPSA) is 67.8 Å². The molecule has 1 aromatic heterocycles. The number of nitrogens with one attached hydrogen (secondary N) is 2. The normalized spacial score (nSPS) is 11.6. The summed E-state index contributed by atoms with van der Waals surface area (Å²) in [6.07, 6.45) is 0. The molecule has 0 aliphatic carbocycles. The molecule has 0 aliphatic heterocycles. The van der Waals surface area contributed by atoms with E-state index in [0.29, 0.717) is 25.6 Å². The first-order valence-corrected chi connectivity index (χ1v) is 10.2. The summed E-state index contributed by atoms with van der Waals surface area (Å²) in [6, 6.07) is 5.90. The Balaban J connectivity index is 2.02. The number of hydrogen-bond acceptors (Lipinski definition) is 5. The zero-order valence-electron chi connectivity index (χ0n) is 16.8. The van der Waals surface area contributed by atoms with E-state index in [2.05, 4.69) is 46.8 Å². The van der Waals surface area contributed by atoms with Crippen LogP contribution in [0.1, 0.15) is 49.9 Å². The van der Waals surface area contributed by atoms with Gasteiger partial charge in [-0.15, -0.1) is 11.3 Å². The van der Waals surface area contributed by atoms with E-state index in [1.807, 2.05) is 25.1 Å². The molecule has 2 rings (SSSR count). The monoisotopic (exact) mass is 390 g/mol. The Bertz CT molecular complexity index is 743. The van der Waals surface area contributed by atoms with Crippen molar-refractivity contribution >= 4 is 17.3 Å². The molecule has 0 bridgehead atoms. The minimum Gasteiger partial charge on any atom is -0.493 e. The second-order valence-electron chi connectivity index (χ2n) is 6.29. The fraction of sp³-hybridized carbons (Fsp3) is 0.500. The number of nitrogens with zero attached hydrogens (tertiary/aromatic N) is 2. The van der Waals surface area contributed by atoms with E-state index in [1.165, 1.54) is 0 Å². The smallest absolute Gasteiger partial charge is 0.191 e. The highest BCUT2D eigenvalue weighted by molar-refractivity contribution is 7.09. The van der Waals surface area contributed by atoms with Crippen molar-refractivity contribution in [3.63, 3.8) is 0 Å². The summed E-state index contributed by atoms with van der Waals surface area (Å²) in [5, 5.41) is 9.81. The van der Waals surface area contributed by atoms with Crippen LogP contribution in [-0.4, -0.2) is 31.2 Å². The molecule has 6 nitrogen and oxygen atoms in total. The van der Waals surface area contributed by atoms with Crippen LogP contribution in [0.25, 0.3) is 0 Å². The van der Waals surface area contributed by atoms with Crippen LogP contribution in [0.15, 0.2) is 28.6 Å². The molecule has 7 heteroatoms. The first kappa shape index (κ1) is 21.0. The fourth-order valence-corrected chi connectivity index (χ4v) is 3.33. The van der Waals surface area contributed by atoms with Gasteiger partial charge in [0.2, 0.25) is 0 Å². The van der Waals surface area contributed by atoms with E-state index in [1.54, 1.807) is 18.4 Å². The third-order valence-corrected chi connectivity index (χ3v) is 4.73. The van der Waals surface area contributed by atoms with Gasteiger partial charge in [-0.1, -0.05) is 19.9 Å². The summed E-state index contributed by atoms with van der Waals surface area (Å²) in [6.45, 7) is 10.9. The maximum atomic E-state index is 5.64. The van der Waals surface area contributed by atoms with E-state index in [-0.39, 0.29) is 0 Å². The largest absolute Gasteiger partial charge is 0.493 e. The summed E-state index contributed by atoms with van der Waals surface area (Å²) >= 11 is 1.68. The number of rotatable bonds is 9. The van der Waals surface area contributed by atoms with Gasteiger partial charge in [0.1, 0.15) is 5.01 Å². The maximum absolute atomic E-state index is 5.64. The van der Waals surface area contributed by atoms with Crippen LogP contribution in [0, 0.1) is 0 Å². The van der Waals surface area contributed by atoms with Gasteiger partial charge in [0.25, 0.3) is 0 Å². The summed E-state index contributed by atoms with van der Waals surface area (Å²) < 4.78 is 11.0. The van der Waals surface area contributed by atoms with Crippen LogP contribution in [0.3, 0.4) is 0 Å². The number of aliphatic imine (C=N–C) groups is 1. The minimum atomic E-state index is 0.450. The third-order valence-electron chi connectivity index (χ3n) is 3.86.